The van der Waals surface area contributed by atoms with Crippen molar-refractivity contribution in [2.45, 2.75) is 40.0 Å². The summed E-state index contributed by atoms with van der Waals surface area (Å²) in [4.78, 5) is 14.2. The standard InChI is InChI=1S/C17H25F2NO/c1-4-13(5-2)12-20(6-3)11-10-16(21)14-8-7-9-15(18)17(14)19/h7-9,13H,4-6,10-12H2,1-3H3. The fourth-order valence-corrected chi connectivity index (χ4v) is 2.40. The van der Waals surface area contributed by atoms with E-state index in [9.17, 15) is 13.6 Å². The molecule has 2 nitrogen and oxygen atoms in total. The molecule has 0 heterocycles. The molecule has 0 aromatic heterocycles. The molecule has 118 valence electrons. The lowest BCUT2D eigenvalue weighted by atomic mass is 10.0. The number of nitrogens with zero attached hydrogens (tertiary/aromatic N) is 1. The number of carbonyl (C=O) groups is 1. The van der Waals surface area contributed by atoms with Crippen molar-refractivity contribution >= 4 is 5.78 Å². The van der Waals surface area contributed by atoms with Crippen molar-refractivity contribution in [2.24, 2.45) is 5.92 Å². The molecule has 0 aliphatic rings. The first-order valence-electron chi connectivity index (χ1n) is 7.72. The van der Waals surface area contributed by atoms with E-state index < -0.39 is 11.6 Å². The molecule has 0 fully saturated rings. The Morgan fingerprint density at radius 2 is 1.86 bits per heavy atom. The van der Waals surface area contributed by atoms with Gasteiger partial charge in [-0.15, -0.1) is 0 Å². The zero-order valence-electron chi connectivity index (χ0n) is 13.2. The molecule has 0 unspecified atom stereocenters. The van der Waals surface area contributed by atoms with E-state index in [1.165, 1.54) is 12.1 Å². The molecule has 0 saturated carbocycles. The van der Waals surface area contributed by atoms with Crippen LogP contribution in [0.3, 0.4) is 0 Å². The van der Waals surface area contributed by atoms with Gasteiger partial charge in [-0.2, -0.15) is 0 Å². The molecule has 4 heteroatoms. The molecule has 1 aromatic carbocycles. The van der Waals surface area contributed by atoms with Crippen LogP contribution in [0.25, 0.3) is 0 Å². The molecule has 1 rings (SSSR count). The van der Waals surface area contributed by atoms with E-state index in [1.807, 2.05) is 0 Å². The molecule has 0 bridgehead atoms. The first kappa shape index (κ1) is 17.8. The Hall–Kier alpha value is -1.29. The van der Waals surface area contributed by atoms with Gasteiger partial charge in [0.15, 0.2) is 17.4 Å². The van der Waals surface area contributed by atoms with Crippen LogP contribution in [0, 0.1) is 17.6 Å². The van der Waals surface area contributed by atoms with Crippen LogP contribution in [0.2, 0.25) is 0 Å². The first-order chi connectivity index (χ1) is 10.0. The number of hydrogen-bond donors (Lipinski definition) is 0. The van der Waals surface area contributed by atoms with Crippen LogP contribution in [0.15, 0.2) is 18.2 Å². The second-order valence-electron chi connectivity index (χ2n) is 5.35. The highest BCUT2D eigenvalue weighted by Gasteiger charge is 2.17. The number of halogens is 2. The monoisotopic (exact) mass is 297 g/mol. The third-order valence-corrected chi connectivity index (χ3v) is 4.03. The van der Waals surface area contributed by atoms with Crippen LogP contribution >= 0.6 is 0 Å². The number of ketones is 1. The Bertz CT molecular complexity index is 458. The van der Waals surface area contributed by atoms with Gasteiger partial charge < -0.3 is 4.90 Å². The van der Waals surface area contributed by atoms with Crippen LogP contribution in [0.1, 0.15) is 50.4 Å². The van der Waals surface area contributed by atoms with E-state index in [0.717, 1.165) is 32.0 Å². The Morgan fingerprint density at radius 3 is 2.43 bits per heavy atom. The van der Waals surface area contributed by atoms with Gasteiger partial charge in [-0.3, -0.25) is 4.79 Å². The minimum Gasteiger partial charge on any atom is -0.303 e. The summed E-state index contributed by atoms with van der Waals surface area (Å²) in [5.74, 6) is -1.73. The lowest BCUT2D eigenvalue weighted by Gasteiger charge is -2.24. The summed E-state index contributed by atoms with van der Waals surface area (Å²) < 4.78 is 26.7. The zero-order valence-corrected chi connectivity index (χ0v) is 13.2. The van der Waals surface area contributed by atoms with E-state index in [4.69, 9.17) is 0 Å². The van der Waals surface area contributed by atoms with Crippen molar-refractivity contribution in [1.82, 2.24) is 4.90 Å². The molecule has 0 amide bonds. The average Bonchev–Trinajstić information content (AvgIpc) is 2.50. The van der Waals surface area contributed by atoms with E-state index >= 15 is 0 Å². The van der Waals surface area contributed by atoms with Gasteiger partial charge in [0.1, 0.15) is 0 Å². The van der Waals surface area contributed by atoms with Gasteiger partial charge in [-0.1, -0.05) is 39.7 Å². The maximum atomic E-state index is 13.6. The molecule has 0 aliphatic heterocycles. The number of carbonyl (C=O) groups excluding carboxylic acids is 1. The summed E-state index contributed by atoms with van der Waals surface area (Å²) >= 11 is 0. The van der Waals surface area contributed by atoms with Crippen LogP contribution in [-0.2, 0) is 0 Å². The van der Waals surface area contributed by atoms with Crippen molar-refractivity contribution in [3.63, 3.8) is 0 Å². The quantitative estimate of drug-likeness (QED) is 0.634. The Morgan fingerprint density at radius 1 is 1.19 bits per heavy atom. The van der Waals surface area contributed by atoms with E-state index in [1.54, 1.807) is 0 Å². The Labute approximate surface area is 126 Å². The largest absolute Gasteiger partial charge is 0.303 e. The highest BCUT2D eigenvalue weighted by atomic mass is 19.2. The minimum absolute atomic E-state index is 0.145. The number of hydrogen-bond acceptors (Lipinski definition) is 2. The van der Waals surface area contributed by atoms with Crippen molar-refractivity contribution < 1.29 is 13.6 Å². The molecular weight excluding hydrogens is 272 g/mol. The second kappa shape index (κ2) is 8.88. The van der Waals surface area contributed by atoms with Crippen LogP contribution in [-0.4, -0.2) is 30.3 Å². The normalized spacial score (nSPS) is 11.4. The molecule has 0 atom stereocenters. The van der Waals surface area contributed by atoms with Gasteiger partial charge in [0.25, 0.3) is 0 Å². The summed E-state index contributed by atoms with van der Waals surface area (Å²) in [6, 6.07) is 3.74. The number of benzene rings is 1. The van der Waals surface area contributed by atoms with Gasteiger partial charge in [0.2, 0.25) is 0 Å². The molecule has 1 aromatic rings. The summed E-state index contributed by atoms with van der Waals surface area (Å²) in [6.45, 7) is 8.76. The van der Waals surface area contributed by atoms with Gasteiger partial charge in [0.05, 0.1) is 5.56 Å². The van der Waals surface area contributed by atoms with E-state index in [0.29, 0.717) is 12.5 Å². The molecule has 21 heavy (non-hydrogen) atoms. The molecule has 0 radical (unpaired) electrons. The maximum Gasteiger partial charge on any atom is 0.169 e. The van der Waals surface area contributed by atoms with Crippen molar-refractivity contribution in [3.8, 4) is 0 Å². The van der Waals surface area contributed by atoms with Crippen molar-refractivity contribution in [1.29, 1.82) is 0 Å². The van der Waals surface area contributed by atoms with Crippen molar-refractivity contribution in [3.05, 3.63) is 35.4 Å². The highest BCUT2D eigenvalue weighted by Crippen LogP contribution is 2.15. The number of rotatable bonds is 9. The molecule has 0 spiro atoms. The summed E-state index contributed by atoms with van der Waals surface area (Å²) in [5.41, 5.74) is -0.145. The van der Waals surface area contributed by atoms with E-state index in [-0.39, 0.29) is 17.8 Å². The summed E-state index contributed by atoms with van der Waals surface area (Å²) in [7, 11) is 0. The van der Waals surface area contributed by atoms with Crippen LogP contribution in [0.5, 0.6) is 0 Å². The molecule has 0 saturated heterocycles. The van der Waals surface area contributed by atoms with E-state index in [2.05, 4.69) is 25.7 Å². The Kier molecular flexibility index (Phi) is 7.51. The third kappa shape index (κ3) is 5.20. The number of Topliss-reactive ketones (excluding diaryl/α,β-unsaturated/α-hetero) is 1. The van der Waals surface area contributed by atoms with Gasteiger partial charge >= 0.3 is 0 Å². The zero-order chi connectivity index (χ0) is 15.8. The fourth-order valence-electron chi connectivity index (χ4n) is 2.40. The summed E-state index contributed by atoms with van der Waals surface area (Å²) in [6.07, 6.45) is 2.44. The SMILES string of the molecule is CCC(CC)CN(CC)CCC(=O)c1cccc(F)c1F. The average molecular weight is 297 g/mol. The van der Waals surface area contributed by atoms with Crippen molar-refractivity contribution in [2.75, 3.05) is 19.6 Å². The van der Waals surface area contributed by atoms with Gasteiger partial charge in [-0.25, -0.2) is 8.78 Å². The van der Waals surface area contributed by atoms with Gasteiger partial charge in [0, 0.05) is 19.5 Å². The van der Waals surface area contributed by atoms with Crippen LogP contribution in [0.4, 0.5) is 8.78 Å². The third-order valence-electron chi connectivity index (χ3n) is 4.03. The summed E-state index contributed by atoms with van der Waals surface area (Å²) in [5, 5.41) is 0. The lowest BCUT2D eigenvalue weighted by Crippen LogP contribution is -2.31. The molecule has 0 aliphatic carbocycles. The highest BCUT2D eigenvalue weighted by molar-refractivity contribution is 5.96. The Balaban J connectivity index is 2.60. The topological polar surface area (TPSA) is 20.3 Å². The lowest BCUT2D eigenvalue weighted by molar-refractivity contribution is 0.0955. The molecule has 0 N–H and O–H groups in total. The fraction of sp³-hybridized carbons (Fsp3) is 0.588. The smallest absolute Gasteiger partial charge is 0.169 e. The predicted octanol–water partition coefficient (Wildman–Crippen LogP) is 4.30. The van der Waals surface area contributed by atoms with Gasteiger partial charge in [-0.05, 0) is 24.6 Å². The first-order valence-corrected chi connectivity index (χ1v) is 7.72. The minimum atomic E-state index is -1.04. The second-order valence-corrected chi connectivity index (χ2v) is 5.35. The predicted molar refractivity (Wildman–Crippen MR) is 81.5 cm³/mol. The van der Waals surface area contributed by atoms with Crippen LogP contribution < -0.4 is 0 Å². The molecular formula is C17H25F2NO. The maximum absolute atomic E-state index is 13.6.